The molecule has 0 fully saturated rings. The summed E-state index contributed by atoms with van der Waals surface area (Å²) in [7, 11) is 0. The molecule has 0 aromatic carbocycles. The maximum atomic E-state index is 5.56. The molecule has 15 heavy (non-hydrogen) atoms. The van der Waals surface area contributed by atoms with E-state index in [2.05, 4.69) is 40.1 Å². The van der Waals surface area contributed by atoms with Crippen molar-refractivity contribution in [2.45, 2.75) is 32.7 Å². The highest BCUT2D eigenvalue weighted by Crippen LogP contribution is 2.26. The smallest absolute Gasteiger partial charge is 0.140 e. The third-order valence-electron chi connectivity index (χ3n) is 2.31. The van der Waals surface area contributed by atoms with Gasteiger partial charge in [0.2, 0.25) is 0 Å². The Balaban J connectivity index is 2.85. The van der Waals surface area contributed by atoms with Crippen molar-refractivity contribution >= 4 is 21.7 Å². The van der Waals surface area contributed by atoms with Crippen molar-refractivity contribution in [3.8, 4) is 0 Å². The minimum atomic E-state index is -0.0297. The van der Waals surface area contributed by atoms with E-state index in [1.165, 1.54) is 5.56 Å². The Morgan fingerprint density at radius 2 is 2.20 bits per heavy atom. The first kappa shape index (κ1) is 12.5. The van der Waals surface area contributed by atoms with Gasteiger partial charge in [0.15, 0.2) is 0 Å². The van der Waals surface area contributed by atoms with Crippen molar-refractivity contribution in [2.75, 3.05) is 11.9 Å². The lowest BCUT2D eigenvalue weighted by molar-refractivity contribution is 0.524. The molecule has 0 aliphatic rings. The number of hydrogen-bond donors (Lipinski definition) is 2. The van der Waals surface area contributed by atoms with Gasteiger partial charge in [-0.15, -0.1) is 0 Å². The Morgan fingerprint density at radius 1 is 1.53 bits per heavy atom. The Bertz CT molecular complexity index is 337. The standard InChI is InChI=1S/C11H18BrN3/c1-8-4-7-14-10(9(8)12)15-11(2,3)5-6-13/h4,7H,5-6,13H2,1-3H3,(H,14,15). The molecule has 0 saturated heterocycles. The first-order chi connectivity index (χ1) is 6.96. The molecule has 0 spiro atoms. The molecule has 4 heteroatoms. The highest BCUT2D eigenvalue weighted by molar-refractivity contribution is 9.10. The normalized spacial score (nSPS) is 11.5. The summed E-state index contributed by atoms with van der Waals surface area (Å²) >= 11 is 3.53. The fourth-order valence-corrected chi connectivity index (χ4v) is 1.70. The van der Waals surface area contributed by atoms with E-state index in [1.54, 1.807) is 6.20 Å². The van der Waals surface area contributed by atoms with Gasteiger partial charge in [0.05, 0.1) is 4.47 Å². The van der Waals surface area contributed by atoms with Crippen LogP contribution in [0.4, 0.5) is 5.82 Å². The molecule has 0 bridgehead atoms. The Morgan fingerprint density at radius 3 is 2.80 bits per heavy atom. The minimum absolute atomic E-state index is 0.0297. The summed E-state index contributed by atoms with van der Waals surface area (Å²) in [4.78, 5) is 4.31. The van der Waals surface area contributed by atoms with Gasteiger partial charge < -0.3 is 11.1 Å². The van der Waals surface area contributed by atoms with E-state index in [-0.39, 0.29) is 5.54 Å². The maximum absolute atomic E-state index is 5.56. The van der Waals surface area contributed by atoms with Gasteiger partial charge in [-0.2, -0.15) is 0 Å². The second-order valence-corrected chi connectivity index (χ2v) is 5.13. The summed E-state index contributed by atoms with van der Waals surface area (Å²) in [6.45, 7) is 6.96. The van der Waals surface area contributed by atoms with Crippen LogP contribution in [0.2, 0.25) is 0 Å². The number of aromatic nitrogens is 1. The van der Waals surface area contributed by atoms with Crippen LogP contribution in [-0.4, -0.2) is 17.1 Å². The van der Waals surface area contributed by atoms with Crippen molar-refractivity contribution in [3.05, 3.63) is 22.3 Å². The largest absolute Gasteiger partial charge is 0.364 e. The van der Waals surface area contributed by atoms with Crippen molar-refractivity contribution in [1.29, 1.82) is 0 Å². The zero-order valence-electron chi connectivity index (χ0n) is 9.47. The molecule has 3 N–H and O–H groups in total. The molecule has 0 aliphatic carbocycles. The molecular formula is C11H18BrN3. The summed E-state index contributed by atoms with van der Waals surface area (Å²) in [5.74, 6) is 0.883. The molecule has 1 aromatic heterocycles. The quantitative estimate of drug-likeness (QED) is 0.886. The lowest BCUT2D eigenvalue weighted by Crippen LogP contribution is -2.34. The predicted octanol–water partition coefficient (Wildman–Crippen LogP) is 2.69. The number of anilines is 1. The molecule has 3 nitrogen and oxygen atoms in total. The zero-order chi connectivity index (χ0) is 11.5. The van der Waals surface area contributed by atoms with Gasteiger partial charge in [-0.1, -0.05) is 0 Å². The van der Waals surface area contributed by atoms with Crippen LogP contribution in [0.3, 0.4) is 0 Å². The molecule has 84 valence electrons. The zero-order valence-corrected chi connectivity index (χ0v) is 11.1. The Labute approximate surface area is 99.6 Å². The number of rotatable bonds is 4. The second-order valence-electron chi connectivity index (χ2n) is 4.34. The van der Waals surface area contributed by atoms with E-state index in [0.29, 0.717) is 6.54 Å². The Hall–Kier alpha value is -0.610. The van der Waals surface area contributed by atoms with E-state index in [1.807, 2.05) is 13.0 Å². The van der Waals surface area contributed by atoms with E-state index >= 15 is 0 Å². The van der Waals surface area contributed by atoms with Crippen LogP contribution in [0.15, 0.2) is 16.7 Å². The van der Waals surface area contributed by atoms with E-state index in [0.717, 1.165) is 16.7 Å². The lowest BCUT2D eigenvalue weighted by Gasteiger charge is -2.27. The second kappa shape index (κ2) is 4.94. The molecule has 0 atom stereocenters. The summed E-state index contributed by atoms with van der Waals surface area (Å²) in [6, 6.07) is 1.98. The number of nitrogens with two attached hydrogens (primary N) is 1. The average Bonchev–Trinajstić information content (AvgIpc) is 2.12. The number of nitrogens with zero attached hydrogens (tertiary/aromatic N) is 1. The van der Waals surface area contributed by atoms with Crippen LogP contribution in [0, 0.1) is 6.92 Å². The van der Waals surface area contributed by atoms with Gasteiger partial charge in [-0.3, -0.25) is 0 Å². The summed E-state index contributed by atoms with van der Waals surface area (Å²) in [5, 5.41) is 3.39. The van der Waals surface area contributed by atoms with E-state index < -0.39 is 0 Å². The van der Waals surface area contributed by atoms with Crippen LogP contribution < -0.4 is 11.1 Å². The van der Waals surface area contributed by atoms with Gasteiger partial charge in [0, 0.05) is 11.7 Å². The third kappa shape index (κ3) is 3.47. The number of aryl methyl sites for hydroxylation is 1. The molecule has 0 unspecified atom stereocenters. The number of nitrogens with one attached hydrogen (secondary N) is 1. The molecule has 1 heterocycles. The van der Waals surface area contributed by atoms with E-state index in [4.69, 9.17) is 5.73 Å². The number of pyridine rings is 1. The van der Waals surface area contributed by atoms with Crippen LogP contribution in [0.25, 0.3) is 0 Å². The minimum Gasteiger partial charge on any atom is -0.364 e. The SMILES string of the molecule is Cc1ccnc(NC(C)(C)CCN)c1Br. The number of hydrogen-bond acceptors (Lipinski definition) is 3. The summed E-state index contributed by atoms with van der Waals surface area (Å²) < 4.78 is 1.02. The van der Waals surface area contributed by atoms with Crippen molar-refractivity contribution < 1.29 is 0 Å². The van der Waals surface area contributed by atoms with Gasteiger partial charge in [0.1, 0.15) is 5.82 Å². The summed E-state index contributed by atoms with van der Waals surface area (Å²) in [6.07, 6.45) is 2.72. The van der Waals surface area contributed by atoms with E-state index in [9.17, 15) is 0 Å². The van der Waals surface area contributed by atoms with Gasteiger partial charge in [0.25, 0.3) is 0 Å². The van der Waals surface area contributed by atoms with Crippen LogP contribution >= 0.6 is 15.9 Å². The molecule has 0 radical (unpaired) electrons. The van der Waals surface area contributed by atoms with Crippen molar-refractivity contribution in [2.24, 2.45) is 5.73 Å². The highest BCUT2D eigenvalue weighted by Gasteiger charge is 2.18. The molecule has 1 rings (SSSR count). The molecular weight excluding hydrogens is 254 g/mol. The monoisotopic (exact) mass is 271 g/mol. The lowest BCUT2D eigenvalue weighted by atomic mass is 10.0. The molecule has 0 amide bonds. The van der Waals surface area contributed by atoms with Gasteiger partial charge in [-0.25, -0.2) is 4.98 Å². The topological polar surface area (TPSA) is 50.9 Å². The fraction of sp³-hybridized carbons (Fsp3) is 0.545. The molecule has 1 aromatic rings. The third-order valence-corrected chi connectivity index (χ3v) is 3.31. The Kier molecular flexibility index (Phi) is 4.11. The predicted molar refractivity (Wildman–Crippen MR) is 68.0 cm³/mol. The number of halogens is 1. The summed E-state index contributed by atoms with van der Waals surface area (Å²) in [5.41, 5.74) is 6.71. The van der Waals surface area contributed by atoms with Crippen LogP contribution in [-0.2, 0) is 0 Å². The van der Waals surface area contributed by atoms with Gasteiger partial charge >= 0.3 is 0 Å². The highest BCUT2D eigenvalue weighted by atomic mass is 79.9. The van der Waals surface area contributed by atoms with Crippen molar-refractivity contribution in [3.63, 3.8) is 0 Å². The van der Waals surface area contributed by atoms with Crippen LogP contribution in [0.5, 0.6) is 0 Å². The molecule has 0 saturated carbocycles. The van der Waals surface area contributed by atoms with Crippen LogP contribution in [0.1, 0.15) is 25.8 Å². The molecule has 0 aliphatic heterocycles. The van der Waals surface area contributed by atoms with Gasteiger partial charge in [-0.05, 0) is 61.3 Å². The average molecular weight is 272 g/mol. The maximum Gasteiger partial charge on any atom is 0.140 e. The first-order valence-corrected chi connectivity index (χ1v) is 5.85. The first-order valence-electron chi connectivity index (χ1n) is 5.05. The van der Waals surface area contributed by atoms with Crippen molar-refractivity contribution in [1.82, 2.24) is 4.98 Å². The fourth-order valence-electron chi connectivity index (χ4n) is 1.37.